The van der Waals surface area contributed by atoms with E-state index in [2.05, 4.69) is 0 Å². The van der Waals surface area contributed by atoms with Crippen molar-refractivity contribution in [1.29, 1.82) is 0 Å². The lowest BCUT2D eigenvalue weighted by Gasteiger charge is -2.12. The molecule has 0 aromatic rings. The Balaban J connectivity index is 0.000000791. The molecule has 4 heteroatoms. The molecule has 0 unspecified atom stereocenters. The summed E-state index contributed by atoms with van der Waals surface area (Å²) in [5, 5.41) is 0. The summed E-state index contributed by atoms with van der Waals surface area (Å²) in [6.45, 7) is 4.87. The molecule has 0 atom stereocenters. The summed E-state index contributed by atoms with van der Waals surface area (Å²) in [5.41, 5.74) is 5.03. The van der Waals surface area contributed by atoms with Crippen LogP contribution in [0.3, 0.4) is 0 Å². The van der Waals surface area contributed by atoms with E-state index in [9.17, 15) is 9.59 Å². The largest absolute Gasteiger partial charge is 0.404 e. The molecule has 80 valence electrons. The van der Waals surface area contributed by atoms with Crippen LogP contribution in [-0.2, 0) is 9.59 Å². The van der Waals surface area contributed by atoms with E-state index >= 15 is 0 Å². The van der Waals surface area contributed by atoms with Gasteiger partial charge in [-0.15, -0.1) is 0 Å². The van der Waals surface area contributed by atoms with Crippen molar-refractivity contribution in [3.05, 3.63) is 12.3 Å². The molecule has 1 heterocycles. The first-order valence-electron chi connectivity index (χ1n) is 4.93. The first-order valence-corrected chi connectivity index (χ1v) is 4.93. The minimum absolute atomic E-state index is 0.0637. The molecule has 1 aliphatic rings. The van der Waals surface area contributed by atoms with Crippen LogP contribution in [0, 0.1) is 0 Å². The van der Waals surface area contributed by atoms with Crippen LogP contribution >= 0.6 is 0 Å². The Bertz CT molecular complexity index is 224. The Hall–Kier alpha value is -1.32. The minimum Gasteiger partial charge on any atom is -0.404 e. The molecule has 4 nitrogen and oxygen atoms in total. The van der Waals surface area contributed by atoms with Crippen LogP contribution in [0.2, 0.25) is 0 Å². The number of amides is 1. The maximum atomic E-state index is 11.0. The molecule has 0 aromatic carbocycles. The zero-order chi connectivity index (χ0) is 11.0. The fraction of sp³-hybridized carbons (Fsp3) is 0.600. The van der Waals surface area contributed by atoms with Crippen LogP contribution in [0.5, 0.6) is 0 Å². The second kappa shape index (κ2) is 7.12. The van der Waals surface area contributed by atoms with Gasteiger partial charge in [-0.2, -0.15) is 0 Å². The fourth-order valence-corrected chi connectivity index (χ4v) is 1.22. The Labute approximate surface area is 84.8 Å². The SMILES string of the molecule is CC.N/C=C/C(=O)CN1CCCC1=O. The van der Waals surface area contributed by atoms with E-state index in [0.29, 0.717) is 13.0 Å². The molecule has 0 bridgehead atoms. The van der Waals surface area contributed by atoms with Crippen LogP contribution in [0.15, 0.2) is 12.3 Å². The molecule has 1 amide bonds. The lowest BCUT2D eigenvalue weighted by Crippen LogP contribution is -2.29. The lowest BCUT2D eigenvalue weighted by atomic mass is 10.3. The summed E-state index contributed by atoms with van der Waals surface area (Å²) in [6.07, 6.45) is 3.91. The third-order valence-electron chi connectivity index (χ3n) is 1.80. The predicted molar refractivity (Wildman–Crippen MR) is 55.5 cm³/mol. The Kier molecular flexibility index (Phi) is 6.45. The van der Waals surface area contributed by atoms with Crippen LogP contribution in [-0.4, -0.2) is 29.7 Å². The van der Waals surface area contributed by atoms with Gasteiger partial charge in [-0.1, -0.05) is 13.8 Å². The van der Waals surface area contributed by atoms with Crippen molar-refractivity contribution in [2.45, 2.75) is 26.7 Å². The Morgan fingerprint density at radius 3 is 2.64 bits per heavy atom. The van der Waals surface area contributed by atoms with Crippen LogP contribution in [0.4, 0.5) is 0 Å². The van der Waals surface area contributed by atoms with Crippen LogP contribution in [0.1, 0.15) is 26.7 Å². The summed E-state index contributed by atoms with van der Waals surface area (Å²) in [4.78, 5) is 23.6. The number of hydrogen-bond donors (Lipinski definition) is 1. The summed E-state index contributed by atoms with van der Waals surface area (Å²) in [6, 6.07) is 0. The number of nitrogens with two attached hydrogens (primary N) is 1. The molecule has 0 radical (unpaired) electrons. The van der Waals surface area contributed by atoms with Gasteiger partial charge in [-0.25, -0.2) is 0 Å². The van der Waals surface area contributed by atoms with Gasteiger partial charge in [-0.05, 0) is 18.7 Å². The zero-order valence-electron chi connectivity index (χ0n) is 8.82. The van der Waals surface area contributed by atoms with E-state index in [-0.39, 0.29) is 18.2 Å². The van der Waals surface area contributed by atoms with Crippen LogP contribution in [0.25, 0.3) is 0 Å². The number of nitrogens with zero attached hydrogens (tertiary/aromatic N) is 1. The quantitative estimate of drug-likeness (QED) is 0.678. The monoisotopic (exact) mass is 198 g/mol. The molecule has 1 saturated heterocycles. The van der Waals surface area contributed by atoms with Crippen molar-refractivity contribution in [2.24, 2.45) is 5.73 Å². The summed E-state index contributed by atoms with van der Waals surface area (Å²) in [5.74, 6) is -0.0541. The van der Waals surface area contributed by atoms with Gasteiger partial charge in [0.2, 0.25) is 5.91 Å². The highest BCUT2D eigenvalue weighted by Gasteiger charge is 2.20. The first-order chi connectivity index (χ1) is 6.74. The fourth-order valence-electron chi connectivity index (χ4n) is 1.22. The molecule has 0 saturated carbocycles. The Morgan fingerprint density at radius 2 is 2.21 bits per heavy atom. The second-order valence-corrected chi connectivity index (χ2v) is 2.74. The number of ketones is 1. The van der Waals surface area contributed by atoms with Crippen LogP contribution < -0.4 is 5.73 Å². The van der Waals surface area contributed by atoms with Gasteiger partial charge >= 0.3 is 0 Å². The highest BCUT2D eigenvalue weighted by molar-refractivity contribution is 5.94. The molecule has 1 aliphatic heterocycles. The van der Waals surface area contributed by atoms with Gasteiger partial charge in [0.05, 0.1) is 6.54 Å². The second-order valence-electron chi connectivity index (χ2n) is 2.74. The number of hydrogen-bond acceptors (Lipinski definition) is 3. The van der Waals surface area contributed by atoms with Crippen molar-refractivity contribution in [3.8, 4) is 0 Å². The topological polar surface area (TPSA) is 63.4 Å². The highest BCUT2D eigenvalue weighted by Crippen LogP contribution is 2.08. The van der Waals surface area contributed by atoms with Crippen molar-refractivity contribution < 1.29 is 9.59 Å². The molecular formula is C10H18N2O2. The van der Waals surface area contributed by atoms with E-state index in [4.69, 9.17) is 5.73 Å². The molecular weight excluding hydrogens is 180 g/mol. The highest BCUT2D eigenvalue weighted by atomic mass is 16.2. The Morgan fingerprint density at radius 1 is 1.57 bits per heavy atom. The standard InChI is InChI=1S/C8H12N2O2.C2H6/c9-4-3-7(11)6-10-5-1-2-8(10)12;1-2/h3-4H,1-2,5-6,9H2;1-2H3/b4-3+;. The van der Waals surface area contributed by atoms with Gasteiger partial charge in [0.25, 0.3) is 0 Å². The third kappa shape index (κ3) is 4.07. The molecule has 0 aliphatic carbocycles. The molecule has 14 heavy (non-hydrogen) atoms. The normalized spacial score (nSPS) is 15.6. The number of likely N-dealkylation sites (tertiary alicyclic amines) is 1. The maximum Gasteiger partial charge on any atom is 0.223 e. The van der Waals surface area contributed by atoms with Gasteiger partial charge in [0.15, 0.2) is 5.78 Å². The van der Waals surface area contributed by atoms with E-state index in [1.807, 2.05) is 13.8 Å². The van der Waals surface area contributed by atoms with Gasteiger partial charge < -0.3 is 10.6 Å². The van der Waals surface area contributed by atoms with E-state index in [0.717, 1.165) is 6.42 Å². The molecule has 1 rings (SSSR count). The maximum absolute atomic E-state index is 11.0. The predicted octanol–water partition coefficient (Wildman–Crippen LogP) is 0.676. The number of rotatable bonds is 3. The molecule has 0 aromatic heterocycles. The molecule has 0 spiro atoms. The van der Waals surface area contributed by atoms with Gasteiger partial charge in [0.1, 0.15) is 0 Å². The summed E-state index contributed by atoms with van der Waals surface area (Å²) < 4.78 is 0. The summed E-state index contributed by atoms with van der Waals surface area (Å²) >= 11 is 0. The minimum atomic E-state index is -0.118. The molecule has 1 fully saturated rings. The van der Waals surface area contributed by atoms with E-state index < -0.39 is 0 Å². The summed E-state index contributed by atoms with van der Waals surface area (Å²) in [7, 11) is 0. The average Bonchev–Trinajstić information content (AvgIpc) is 2.56. The third-order valence-corrected chi connectivity index (χ3v) is 1.80. The molecule has 2 N–H and O–H groups in total. The average molecular weight is 198 g/mol. The van der Waals surface area contributed by atoms with E-state index in [1.54, 1.807) is 4.90 Å². The number of carbonyl (C=O) groups is 2. The van der Waals surface area contributed by atoms with Crippen molar-refractivity contribution in [1.82, 2.24) is 4.90 Å². The first kappa shape index (κ1) is 12.7. The van der Waals surface area contributed by atoms with Gasteiger partial charge in [-0.3, -0.25) is 9.59 Å². The lowest BCUT2D eigenvalue weighted by molar-refractivity contribution is -0.131. The zero-order valence-corrected chi connectivity index (χ0v) is 8.82. The van der Waals surface area contributed by atoms with Crippen molar-refractivity contribution >= 4 is 11.7 Å². The smallest absolute Gasteiger partial charge is 0.223 e. The van der Waals surface area contributed by atoms with Crippen molar-refractivity contribution in [2.75, 3.05) is 13.1 Å². The van der Waals surface area contributed by atoms with Gasteiger partial charge in [0, 0.05) is 13.0 Å². The van der Waals surface area contributed by atoms with E-state index in [1.165, 1.54) is 12.3 Å². The number of carbonyl (C=O) groups excluding carboxylic acids is 2. The van der Waals surface area contributed by atoms with Crippen molar-refractivity contribution in [3.63, 3.8) is 0 Å².